The van der Waals surface area contributed by atoms with E-state index in [2.05, 4.69) is 11.8 Å². The molecule has 1 aromatic carbocycles. The minimum atomic E-state index is -0.0640. The molecule has 1 heterocycles. The Kier molecular flexibility index (Phi) is 4.09. The van der Waals surface area contributed by atoms with Crippen LogP contribution < -0.4 is 5.73 Å². The number of nitrogens with two attached hydrogens (primary N) is 1. The van der Waals surface area contributed by atoms with Crippen molar-refractivity contribution in [3.63, 3.8) is 0 Å². The zero-order valence-electron chi connectivity index (χ0n) is 10.8. The van der Waals surface area contributed by atoms with Gasteiger partial charge in [0.05, 0.1) is 0 Å². The first-order valence-electron chi connectivity index (χ1n) is 6.55. The van der Waals surface area contributed by atoms with Crippen LogP contribution in [0.25, 0.3) is 0 Å². The van der Waals surface area contributed by atoms with Crippen molar-refractivity contribution in [2.24, 2.45) is 11.7 Å². The van der Waals surface area contributed by atoms with Gasteiger partial charge in [0.2, 0.25) is 0 Å². The van der Waals surface area contributed by atoms with Crippen molar-refractivity contribution in [3.8, 4) is 11.5 Å². The molecule has 0 bridgehead atoms. The number of phenolic OH excluding ortho intramolecular Hbond substituents is 2. The van der Waals surface area contributed by atoms with Gasteiger partial charge in [-0.05, 0) is 49.9 Å². The Morgan fingerprint density at radius 2 is 2.17 bits per heavy atom. The molecule has 0 spiro atoms. The van der Waals surface area contributed by atoms with Gasteiger partial charge in [-0.15, -0.1) is 0 Å². The number of rotatable bonds is 3. The van der Waals surface area contributed by atoms with Gasteiger partial charge in [-0.25, -0.2) is 0 Å². The predicted octanol–water partition coefficient (Wildman–Crippen LogP) is 1.66. The van der Waals surface area contributed by atoms with Crippen LogP contribution in [0.1, 0.15) is 25.3 Å². The molecule has 4 N–H and O–H groups in total. The molecule has 4 heteroatoms. The van der Waals surface area contributed by atoms with Crippen LogP contribution in [0.5, 0.6) is 11.5 Å². The van der Waals surface area contributed by atoms with Gasteiger partial charge in [0.1, 0.15) is 0 Å². The van der Waals surface area contributed by atoms with Crippen LogP contribution >= 0.6 is 0 Å². The molecule has 0 aromatic heterocycles. The number of hydrogen-bond donors (Lipinski definition) is 3. The van der Waals surface area contributed by atoms with E-state index in [-0.39, 0.29) is 17.5 Å². The van der Waals surface area contributed by atoms with Gasteiger partial charge >= 0.3 is 0 Å². The van der Waals surface area contributed by atoms with Crippen LogP contribution in [0.2, 0.25) is 0 Å². The third kappa shape index (κ3) is 3.15. The highest BCUT2D eigenvalue weighted by Crippen LogP contribution is 2.26. The van der Waals surface area contributed by atoms with E-state index in [4.69, 9.17) is 5.73 Å². The molecule has 1 saturated heterocycles. The third-order valence-corrected chi connectivity index (χ3v) is 3.73. The summed E-state index contributed by atoms with van der Waals surface area (Å²) in [5.74, 6) is 0.448. The number of phenols is 2. The van der Waals surface area contributed by atoms with Crippen molar-refractivity contribution in [1.29, 1.82) is 0 Å². The predicted molar refractivity (Wildman–Crippen MR) is 71.4 cm³/mol. The van der Waals surface area contributed by atoms with Gasteiger partial charge in [0.15, 0.2) is 11.5 Å². The highest BCUT2D eigenvalue weighted by Gasteiger charge is 2.22. The van der Waals surface area contributed by atoms with Crippen molar-refractivity contribution in [1.82, 2.24) is 4.90 Å². The third-order valence-electron chi connectivity index (χ3n) is 3.73. The van der Waals surface area contributed by atoms with Crippen LogP contribution in [-0.4, -0.2) is 34.2 Å². The average molecular weight is 250 g/mol. The first-order chi connectivity index (χ1) is 8.56. The fraction of sp³-hybridized carbons (Fsp3) is 0.571. The van der Waals surface area contributed by atoms with E-state index in [9.17, 15) is 10.2 Å². The SMILES string of the molecule is CC(N)C1CCCN(Cc2ccc(O)c(O)c2)C1. The average Bonchev–Trinajstić information content (AvgIpc) is 2.34. The number of likely N-dealkylation sites (tertiary alicyclic amines) is 1. The quantitative estimate of drug-likeness (QED) is 0.714. The van der Waals surface area contributed by atoms with Crippen LogP contribution in [-0.2, 0) is 6.54 Å². The van der Waals surface area contributed by atoms with E-state index < -0.39 is 0 Å². The Morgan fingerprint density at radius 1 is 1.39 bits per heavy atom. The molecule has 18 heavy (non-hydrogen) atoms. The normalized spacial score (nSPS) is 22.9. The number of hydrogen-bond acceptors (Lipinski definition) is 4. The summed E-state index contributed by atoms with van der Waals surface area (Å²) in [6.45, 7) is 4.96. The zero-order valence-corrected chi connectivity index (χ0v) is 10.8. The number of aromatic hydroxyl groups is 2. The lowest BCUT2D eigenvalue weighted by Gasteiger charge is -2.34. The molecular formula is C14H22N2O2. The standard InChI is InChI=1S/C14H22N2O2/c1-10(15)12-3-2-6-16(9-12)8-11-4-5-13(17)14(18)7-11/h4-5,7,10,12,17-18H,2-3,6,8-9,15H2,1H3. The molecule has 2 rings (SSSR count). The molecule has 1 aromatic rings. The molecule has 1 fully saturated rings. The fourth-order valence-corrected chi connectivity index (χ4v) is 2.59. The summed E-state index contributed by atoms with van der Waals surface area (Å²) in [5.41, 5.74) is 6.99. The topological polar surface area (TPSA) is 69.7 Å². The van der Waals surface area contributed by atoms with Gasteiger partial charge in [0, 0.05) is 19.1 Å². The maximum Gasteiger partial charge on any atom is 0.157 e. The summed E-state index contributed by atoms with van der Waals surface area (Å²) in [4.78, 5) is 2.36. The Morgan fingerprint density at radius 3 is 2.83 bits per heavy atom. The molecule has 100 valence electrons. The van der Waals surface area contributed by atoms with Crippen LogP contribution in [0.15, 0.2) is 18.2 Å². The maximum atomic E-state index is 9.48. The Balaban J connectivity index is 1.98. The highest BCUT2D eigenvalue weighted by atomic mass is 16.3. The molecule has 2 atom stereocenters. The van der Waals surface area contributed by atoms with Crippen LogP contribution in [0, 0.1) is 5.92 Å². The molecule has 0 amide bonds. The van der Waals surface area contributed by atoms with Crippen molar-refractivity contribution in [3.05, 3.63) is 23.8 Å². The maximum absolute atomic E-state index is 9.48. The van der Waals surface area contributed by atoms with Crippen molar-refractivity contribution in [2.45, 2.75) is 32.4 Å². The second-order valence-corrected chi connectivity index (χ2v) is 5.32. The van der Waals surface area contributed by atoms with E-state index in [1.54, 1.807) is 6.07 Å². The summed E-state index contributed by atoms with van der Waals surface area (Å²) in [6.07, 6.45) is 2.38. The summed E-state index contributed by atoms with van der Waals surface area (Å²) in [7, 11) is 0. The number of benzene rings is 1. The van der Waals surface area contributed by atoms with E-state index >= 15 is 0 Å². The molecule has 1 aliphatic heterocycles. The van der Waals surface area contributed by atoms with E-state index in [0.29, 0.717) is 5.92 Å². The Hall–Kier alpha value is -1.26. The number of nitrogens with zero attached hydrogens (tertiary/aromatic N) is 1. The largest absolute Gasteiger partial charge is 0.504 e. The molecule has 2 unspecified atom stereocenters. The molecule has 0 aliphatic carbocycles. The minimum absolute atomic E-state index is 0.0479. The smallest absolute Gasteiger partial charge is 0.157 e. The molecule has 0 radical (unpaired) electrons. The lowest BCUT2D eigenvalue weighted by atomic mass is 9.92. The number of piperidine rings is 1. The van der Waals surface area contributed by atoms with Crippen molar-refractivity contribution in [2.75, 3.05) is 13.1 Å². The first-order valence-corrected chi connectivity index (χ1v) is 6.55. The van der Waals surface area contributed by atoms with Gasteiger partial charge in [0.25, 0.3) is 0 Å². The van der Waals surface area contributed by atoms with E-state index in [1.807, 2.05) is 6.07 Å². The zero-order chi connectivity index (χ0) is 13.1. The Bertz CT molecular complexity index is 407. The van der Waals surface area contributed by atoms with Crippen LogP contribution in [0.3, 0.4) is 0 Å². The summed E-state index contributed by atoms with van der Waals surface area (Å²) in [6, 6.07) is 5.26. The minimum Gasteiger partial charge on any atom is -0.504 e. The van der Waals surface area contributed by atoms with Gasteiger partial charge in [-0.3, -0.25) is 4.90 Å². The van der Waals surface area contributed by atoms with Gasteiger partial charge in [-0.1, -0.05) is 6.07 Å². The second-order valence-electron chi connectivity index (χ2n) is 5.32. The second kappa shape index (κ2) is 5.59. The lowest BCUT2D eigenvalue weighted by Crippen LogP contribution is -2.41. The van der Waals surface area contributed by atoms with Crippen molar-refractivity contribution < 1.29 is 10.2 Å². The van der Waals surface area contributed by atoms with Gasteiger partial charge in [-0.2, -0.15) is 0 Å². The van der Waals surface area contributed by atoms with Crippen molar-refractivity contribution >= 4 is 0 Å². The van der Waals surface area contributed by atoms with Gasteiger partial charge < -0.3 is 15.9 Å². The summed E-state index contributed by atoms with van der Waals surface area (Å²) >= 11 is 0. The highest BCUT2D eigenvalue weighted by molar-refractivity contribution is 5.40. The van der Waals surface area contributed by atoms with E-state index in [0.717, 1.165) is 25.2 Å². The summed E-state index contributed by atoms with van der Waals surface area (Å²) < 4.78 is 0. The molecule has 0 saturated carbocycles. The monoisotopic (exact) mass is 250 g/mol. The molecular weight excluding hydrogens is 228 g/mol. The lowest BCUT2D eigenvalue weighted by molar-refractivity contribution is 0.154. The summed E-state index contributed by atoms with van der Waals surface area (Å²) in [5, 5.41) is 18.8. The fourth-order valence-electron chi connectivity index (χ4n) is 2.59. The van der Waals surface area contributed by atoms with Crippen LogP contribution in [0.4, 0.5) is 0 Å². The molecule has 4 nitrogen and oxygen atoms in total. The van der Waals surface area contributed by atoms with E-state index in [1.165, 1.54) is 18.9 Å². The molecule has 1 aliphatic rings. The Labute approximate surface area is 108 Å². The first kappa shape index (κ1) is 13.2.